The lowest BCUT2D eigenvalue weighted by Crippen LogP contribution is -2.17. The predicted octanol–water partition coefficient (Wildman–Crippen LogP) is 1.19. The van der Waals surface area contributed by atoms with Crippen molar-refractivity contribution in [1.29, 1.82) is 5.26 Å². The van der Waals surface area contributed by atoms with Gasteiger partial charge in [0.25, 0.3) is 0 Å². The van der Waals surface area contributed by atoms with Crippen LogP contribution in [0.4, 0.5) is 0 Å². The second kappa shape index (κ2) is 2.95. The van der Waals surface area contributed by atoms with Gasteiger partial charge < -0.3 is 4.74 Å². The average Bonchev–Trinajstić information content (AvgIpc) is 1.67. The molecule has 2 nitrogen and oxygen atoms in total. The maximum atomic E-state index is 8.27. The second-order valence-corrected chi connectivity index (χ2v) is 2.38. The lowest BCUT2D eigenvalue weighted by atomic mass is 10.4. The first kappa shape index (κ1) is 7.80. The van der Waals surface area contributed by atoms with Crippen LogP contribution in [0.3, 0.4) is 0 Å². The Morgan fingerprint density at radius 3 is 2.50 bits per heavy atom. The highest BCUT2D eigenvalue weighted by molar-refractivity contribution is 7.81. The van der Waals surface area contributed by atoms with Gasteiger partial charge in [-0.25, -0.2) is 0 Å². The largest absolute Gasteiger partial charge is 0.352 e. The summed E-state index contributed by atoms with van der Waals surface area (Å²) in [5, 5.41) is 8.27. The Labute approximate surface area is 54.9 Å². The molecule has 0 aliphatic heterocycles. The van der Waals surface area contributed by atoms with Gasteiger partial charge in [0.05, 0.1) is 0 Å². The van der Waals surface area contributed by atoms with Gasteiger partial charge in [-0.3, -0.25) is 0 Å². The van der Waals surface area contributed by atoms with Crippen molar-refractivity contribution in [3.8, 4) is 6.07 Å². The fraction of sp³-hybridized carbons (Fsp3) is 0.800. The van der Waals surface area contributed by atoms with Crippen molar-refractivity contribution in [3.63, 3.8) is 0 Å². The maximum absolute atomic E-state index is 8.27. The zero-order chi connectivity index (χ0) is 6.62. The van der Waals surface area contributed by atoms with Crippen molar-refractivity contribution in [2.75, 3.05) is 6.61 Å². The Hall–Kier alpha value is -0.200. The summed E-state index contributed by atoms with van der Waals surface area (Å²) in [6.07, 6.45) is 0. The van der Waals surface area contributed by atoms with Crippen LogP contribution < -0.4 is 0 Å². The summed E-state index contributed by atoms with van der Waals surface area (Å²) in [4.78, 5) is -0.908. The van der Waals surface area contributed by atoms with E-state index in [4.69, 9.17) is 10.00 Å². The van der Waals surface area contributed by atoms with Crippen LogP contribution in [0.5, 0.6) is 0 Å². The number of thiol groups is 1. The summed E-state index contributed by atoms with van der Waals surface area (Å²) in [5.41, 5.74) is 0. The molecule has 3 heteroatoms. The zero-order valence-corrected chi connectivity index (χ0v) is 5.90. The SMILES string of the molecule is CCOC(C)(S)C#N. The minimum atomic E-state index is -0.908. The second-order valence-electron chi connectivity index (χ2n) is 1.53. The molecule has 0 bridgehead atoms. The fourth-order valence-electron chi connectivity index (χ4n) is 0.313. The number of hydrogen-bond acceptors (Lipinski definition) is 3. The van der Waals surface area contributed by atoms with E-state index < -0.39 is 4.93 Å². The van der Waals surface area contributed by atoms with Gasteiger partial charge in [0.15, 0.2) is 4.93 Å². The van der Waals surface area contributed by atoms with Gasteiger partial charge in [-0.15, -0.1) is 12.6 Å². The van der Waals surface area contributed by atoms with Crippen LogP contribution in [0.15, 0.2) is 0 Å². The van der Waals surface area contributed by atoms with Gasteiger partial charge >= 0.3 is 0 Å². The van der Waals surface area contributed by atoms with E-state index >= 15 is 0 Å². The Balaban J connectivity index is 3.59. The minimum Gasteiger partial charge on any atom is -0.352 e. The van der Waals surface area contributed by atoms with E-state index in [-0.39, 0.29) is 0 Å². The summed E-state index contributed by atoms with van der Waals surface area (Å²) >= 11 is 3.88. The minimum absolute atomic E-state index is 0.521. The summed E-state index contributed by atoms with van der Waals surface area (Å²) < 4.78 is 4.88. The summed E-state index contributed by atoms with van der Waals surface area (Å²) in [7, 11) is 0. The molecule has 0 fully saturated rings. The molecule has 0 spiro atoms. The Morgan fingerprint density at radius 2 is 2.38 bits per heavy atom. The Kier molecular flexibility index (Phi) is 2.88. The molecule has 8 heavy (non-hydrogen) atoms. The molecule has 0 amide bonds. The fourth-order valence-corrected chi connectivity index (χ4v) is 0.442. The molecule has 0 aromatic carbocycles. The molecule has 0 saturated heterocycles. The van der Waals surface area contributed by atoms with Crippen molar-refractivity contribution in [2.45, 2.75) is 18.8 Å². The van der Waals surface area contributed by atoms with Gasteiger partial charge in [-0.05, 0) is 13.8 Å². The molecule has 0 aromatic heterocycles. The Bertz CT molecular complexity index is 105. The highest BCUT2D eigenvalue weighted by Gasteiger charge is 2.15. The van der Waals surface area contributed by atoms with Gasteiger partial charge in [0.2, 0.25) is 0 Å². The molecule has 0 rings (SSSR count). The van der Waals surface area contributed by atoms with E-state index in [0.29, 0.717) is 6.61 Å². The number of nitriles is 1. The molecular formula is C5H9NOS. The first-order chi connectivity index (χ1) is 3.62. The molecule has 0 heterocycles. The van der Waals surface area contributed by atoms with Crippen LogP contribution >= 0.6 is 12.6 Å². The standard InChI is InChI=1S/C5H9NOS/c1-3-7-5(2,8)4-6/h8H,3H2,1-2H3. The molecule has 0 radical (unpaired) electrons. The van der Waals surface area contributed by atoms with Crippen molar-refractivity contribution in [3.05, 3.63) is 0 Å². The van der Waals surface area contributed by atoms with E-state index in [1.807, 2.05) is 13.0 Å². The van der Waals surface area contributed by atoms with Crippen molar-refractivity contribution < 1.29 is 4.74 Å². The zero-order valence-electron chi connectivity index (χ0n) is 5.01. The van der Waals surface area contributed by atoms with Gasteiger partial charge in [0.1, 0.15) is 6.07 Å². The van der Waals surface area contributed by atoms with Crippen LogP contribution in [0.1, 0.15) is 13.8 Å². The molecule has 0 aliphatic rings. The average molecular weight is 131 g/mol. The lowest BCUT2D eigenvalue weighted by Gasteiger charge is -2.12. The summed E-state index contributed by atoms with van der Waals surface area (Å²) in [6.45, 7) is 3.96. The van der Waals surface area contributed by atoms with E-state index in [2.05, 4.69) is 12.6 Å². The first-order valence-electron chi connectivity index (χ1n) is 2.40. The number of hydrogen-bond donors (Lipinski definition) is 1. The van der Waals surface area contributed by atoms with E-state index in [0.717, 1.165) is 0 Å². The third-order valence-electron chi connectivity index (χ3n) is 0.633. The van der Waals surface area contributed by atoms with Crippen LogP contribution in [0.25, 0.3) is 0 Å². The molecule has 1 unspecified atom stereocenters. The molecular weight excluding hydrogens is 122 g/mol. The third kappa shape index (κ3) is 2.89. The van der Waals surface area contributed by atoms with Crippen LogP contribution in [0, 0.1) is 11.3 Å². The van der Waals surface area contributed by atoms with Crippen molar-refractivity contribution in [2.24, 2.45) is 0 Å². The third-order valence-corrected chi connectivity index (χ3v) is 0.862. The monoisotopic (exact) mass is 131 g/mol. The Morgan fingerprint density at radius 1 is 1.88 bits per heavy atom. The van der Waals surface area contributed by atoms with E-state index in [9.17, 15) is 0 Å². The predicted molar refractivity (Wildman–Crippen MR) is 34.6 cm³/mol. The molecule has 46 valence electrons. The number of ether oxygens (including phenoxy) is 1. The number of nitrogens with zero attached hydrogens (tertiary/aromatic N) is 1. The highest BCUT2D eigenvalue weighted by Crippen LogP contribution is 2.12. The van der Waals surface area contributed by atoms with Crippen LogP contribution in [-0.4, -0.2) is 11.5 Å². The van der Waals surface area contributed by atoms with Gasteiger partial charge in [-0.2, -0.15) is 5.26 Å². The van der Waals surface area contributed by atoms with E-state index in [1.54, 1.807) is 6.92 Å². The van der Waals surface area contributed by atoms with Crippen molar-refractivity contribution >= 4 is 12.6 Å². The summed E-state index contributed by atoms with van der Waals surface area (Å²) in [5.74, 6) is 0. The summed E-state index contributed by atoms with van der Waals surface area (Å²) in [6, 6.07) is 1.88. The lowest BCUT2D eigenvalue weighted by molar-refractivity contribution is 0.0904. The molecule has 0 saturated carbocycles. The maximum Gasteiger partial charge on any atom is 0.195 e. The normalized spacial score (nSPS) is 16.8. The molecule has 0 N–H and O–H groups in total. The smallest absolute Gasteiger partial charge is 0.195 e. The molecule has 0 aromatic rings. The topological polar surface area (TPSA) is 33.0 Å². The van der Waals surface area contributed by atoms with Crippen LogP contribution in [-0.2, 0) is 4.74 Å². The van der Waals surface area contributed by atoms with E-state index in [1.165, 1.54) is 0 Å². The first-order valence-corrected chi connectivity index (χ1v) is 2.84. The van der Waals surface area contributed by atoms with Gasteiger partial charge in [-0.1, -0.05) is 0 Å². The molecule has 1 atom stereocenters. The number of rotatable bonds is 2. The van der Waals surface area contributed by atoms with Crippen molar-refractivity contribution in [1.82, 2.24) is 0 Å². The van der Waals surface area contributed by atoms with Crippen LogP contribution in [0.2, 0.25) is 0 Å². The molecule has 0 aliphatic carbocycles. The highest BCUT2D eigenvalue weighted by atomic mass is 32.1. The quantitative estimate of drug-likeness (QED) is 0.451. The van der Waals surface area contributed by atoms with Gasteiger partial charge in [0, 0.05) is 6.61 Å².